The van der Waals surface area contributed by atoms with E-state index in [0.717, 1.165) is 23.4 Å². The van der Waals surface area contributed by atoms with Gasteiger partial charge in [-0.15, -0.1) is 0 Å². The molecule has 0 aliphatic carbocycles. The molecule has 1 heterocycles. The van der Waals surface area contributed by atoms with E-state index < -0.39 is 11.6 Å². The molecule has 1 aromatic carbocycles. The van der Waals surface area contributed by atoms with Gasteiger partial charge in [-0.3, -0.25) is 5.10 Å². The predicted molar refractivity (Wildman–Crippen MR) is 61.4 cm³/mol. The average molecular weight is 238 g/mol. The molecule has 0 amide bonds. The van der Waals surface area contributed by atoms with E-state index in [4.69, 9.17) is 5.73 Å². The summed E-state index contributed by atoms with van der Waals surface area (Å²) in [6, 6.07) is 2.15. The molecule has 6 heteroatoms. The molecule has 1 aromatic heterocycles. The maximum Gasteiger partial charge on any atom is 0.151 e. The van der Waals surface area contributed by atoms with Gasteiger partial charge in [-0.05, 0) is 19.1 Å². The van der Waals surface area contributed by atoms with Gasteiger partial charge in [0.2, 0.25) is 0 Å². The second kappa shape index (κ2) is 4.40. The lowest BCUT2D eigenvalue weighted by Gasteiger charge is -2.09. The summed E-state index contributed by atoms with van der Waals surface area (Å²) in [4.78, 5) is 0. The number of hydrogen-bond acceptors (Lipinski definition) is 3. The third-order valence-electron chi connectivity index (χ3n) is 2.45. The molecule has 2 rings (SSSR count). The number of anilines is 2. The summed E-state index contributed by atoms with van der Waals surface area (Å²) in [6.45, 7) is 2.12. The van der Waals surface area contributed by atoms with Crippen LogP contribution in [0.3, 0.4) is 0 Å². The predicted octanol–water partition coefficient (Wildman–Crippen LogP) is 2.19. The van der Waals surface area contributed by atoms with Crippen LogP contribution in [0.1, 0.15) is 11.3 Å². The molecule has 0 saturated heterocycles. The Morgan fingerprint density at radius 1 is 1.35 bits per heavy atom. The number of nitrogen functional groups attached to an aromatic ring is 1. The van der Waals surface area contributed by atoms with Crippen LogP contribution in [0.4, 0.5) is 20.2 Å². The molecule has 17 heavy (non-hydrogen) atoms. The van der Waals surface area contributed by atoms with Crippen molar-refractivity contribution in [3.63, 3.8) is 0 Å². The molecule has 4 N–H and O–H groups in total. The highest BCUT2D eigenvalue weighted by molar-refractivity contribution is 5.54. The molecule has 4 nitrogen and oxygen atoms in total. The van der Waals surface area contributed by atoms with Crippen LogP contribution in [0.25, 0.3) is 0 Å². The SMILES string of the molecule is Cc1[nH]ncc1CNc1c(F)cc(N)cc1F. The number of rotatable bonds is 3. The van der Waals surface area contributed by atoms with Gasteiger partial charge in [-0.2, -0.15) is 5.10 Å². The minimum Gasteiger partial charge on any atom is -0.399 e. The largest absolute Gasteiger partial charge is 0.399 e. The lowest BCUT2D eigenvalue weighted by Crippen LogP contribution is -2.05. The Labute approximate surface area is 96.8 Å². The van der Waals surface area contributed by atoms with Gasteiger partial charge in [0.1, 0.15) is 5.69 Å². The first-order valence-electron chi connectivity index (χ1n) is 5.05. The Hall–Kier alpha value is -2.11. The van der Waals surface area contributed by atoms with Gasteiger partial charge >= 0.3 is 0 Å². The molecule has 0 aliphatic heterocycles. The van der Waals surface area contributed by atoms with Gasteiger partial charge in [0.15, 0.2) is 11.6 Å². The van der Waals surface area contributed by atoms with E-state index in [-0.39, 0.29) is 11.4 Å². The zero-order chi connectivity index (χ0) is 12.4. The van der Waals surface area contributed by atoms with Crippen molar-refractivity contribution < 1.29 is 8.78 Å². The minimum absolute atomic E-state index is 0.0602. The van der Waals surface area contributed by atoms with Gasteiger partial charge in [0.05, 0.1) is 6.20 Å². The maximum absolute atomic E-state index is 13.4. The highest BCUT2D eigenvalue weighted by atomic mass is 19.1. The van der Waals surface area contributed by atoms with Crippen molar-refractivity contribution >= 4 is 11.4 Å². The Bertz CT molecular complexity index is 513. The third kappa shape index (κ3) is 2.35. The molecular weight excluding hydrogens is 226 g/mol. The normalized spacial score (nSPS) is 10.5. The van der Waals surface area contributed by atoms with E-state index in [2.05, 4.69) is 15.5 Å². The molecule has 0 saturated carbocycles. The molecule has 0 bridgehead atoms. The van der Waals surface area contributed by atoms with Crippen molar-refractivity contribution in [3.05, 3.63) is 41.2 Å². The summed E-state index contributed by atoms with van der Waals surface area (Å²) in [5, 5.41) is 9.25. The molecule has 0 unspecified atom stereocenters. The van der Waals surface area contributed by atoms with E-state index in [1.807, 2.05) is 6.92 Å². The Morgan fingerprint density at radius 2 is 2.00 bits per heavy atom. The van der Waals surface area contributed by atoms with Crippen molar-refractivity contribution in [2.75, 3.05) is 11.1 Å². The van der Waals surface area contributed by atoms with Crippen LogP contribution in [-0.2, 0) is 6.54 Å². The Balaban J connectivity index is 2.17. The number of H-pyrrole nitrogens is 1. The highest BCUT2D eigenvalue weighted by Crippen LogP contribution is 2.22. The first kappa shape index (κ1) is 11.4. The van der Waals surface area contributed by atoms with Gasteiger partial charge < -0.3 is 11.1 Å². The number of aryl methyl sites for hydroxylation is 1. The van der Waals surface area contributed by atoms with Crippen LogP contribution >= 0.6 is 0 Å². The number of aromatic amines is 1. The summed E-state index contributed by atoms with van der Waals surface area (Å²) in [5.74, 6) is -1.41. The van der Waals surface area contributed by atoms with Crippen LogP contribution < -0.4 is 11.1 Å². The van der Waals surface area contributed by atoms with Crippen LogP contribution in [-0.4, -0.2) is 10.2 Å². The quantitative estimate of drug-likeness (QED) is 0.718. The van der Waals surface area contributed by atoms with Crippen LogP contribution in [0.5, 0.6) is 0 Å². The highest BCUT2D eigenvalue weighted by Gasteiger charge is 2.10. The van der Waals surface area contributed by atoms with Gasteiger partial charge in [-0.25, -0.2) is 8.78 Å². The van der Waals surface area contributed by atoms with Gasteiger partial charge in [-0.1, -0.05) is 0 Å². The number of nitrogens with one attached hydrogen (secondary N) is 2. The van der Waals surface area contributed by atoms with Crippen molar-refractivity contribution in [2.24, 2.45) is 0 Å². The maximum atomic E-state index is 13.4. The molecule has 90 valence electrons. The molecule has 0 fully saturated rings. The number of halogens is 2. The number of nitrogens with zero attached hydrogens (tertiary/aromatic N) is 1. The fraction of sp³-hybridized carbons (Fsp3) is 0.182. The van der Waals surface area contributed by atoms with Crippen molar-refractivity contribution in [1.29, 1.82) is 0 Å². The third-order valence-corrected chi connectivity index (χ3v) is 2.45. The second-order valence-corrected chi connectivity index (χ2v) is 3.73. The van der Waals surface area contributed by atoms with Gasteiger partial charge in [0.25, 0.3) is 0 Å². The number of aromatic nitrogens is 2. The summed E-state index contributed by atoms with van der Waals surface area (Å²) < 4.78 is 26.9. The Kier molecular flexibility index (Phi) is 2.95. The van der Waals surface area contributed by atoms with Crippen molar-refractivity contribution in [3.8, 4) is 0 Å². The van der Waals surface area contributed by atoms with E-state index in [0.29, 0.717) is 6.54 Å². The van der Waals surface area contributed by atoms with Crippen LogP contribution in [0.2, 0.25) is 0 Å². The molecular formula is C11H12F2N4. The first-order valence-corrected chi connectivity index (χ1v) is 5.05. The molecule has 0 aliphatic rings. The van der Waals surface area contributed by atoms with Crippen molar-refractivity contribution in [2.45, 2.75) is 13.5 Å². The van der Waals surface area contributed by atoms with Crippen molar-refractivity contribution in [1.82, 2.24) is 10.2 Å². The van der Waals surface area contributed by atoms with E-state index in [1.165, 1.54) is 0 Å². The zero-order valence-corrected chi connectivity index (χ0v) is 9.22. The minimum atomic E-state index is -0.705. The standard InChI is InChI=1S/C11H12F2N4/c1-6-7(5-16-17-6)4-15-11-9(12)2-8(14)3-10(11)13/h2-3,5,15H,4,14H2,1H3,(H,16,17). The Morgan fingerprint density at radius 3 is 2.53 bits per heavy atom. The number of benzene rings is 1. The topological polar surface area (TPSA) is 66.7 Å². The van der Waals surface area contributed by atoms with E-state index >= 15 is 0 Å². The zero-order valence-electron chi connectivity index (χ0n) is 9.22. The molecule has 0 radical (unpaired) electrons. The number of nitrogens with two attached hydrogens (primary N) is 1. The van der Waals surface area contributed by atoms with E-state index in [9.17, 15) is 8.78 Å². The van der Waals surface area contributed by atoms with Gasteiger partial charge in [0, 0.05) is 23.5 Å². The van der Waals surface area contributed by atoms with Crippen LogP contribution in [0, 0.1) is 18.6 Å². The average Bonchev–Trinajstić information content (AvgIpc) is 2.62. The fourth-order valence-corrected chi connectivity index (χ4v) is 1.50. The molecule has 0 spiro atoms. The first-order chi connectivity index (χ1) is 8.08. The summed E-state index contributed by atoms with van der Waals surface area (Å²) >= 11 is 0. The molecule has 2 aromatic rings. The fourth-order valence-electron chi connectivity index (χ4n) is 1.50. The summed E-state index contributed by atoms with van der Waals surface area (Å²) in [7, 11) is 0. The second-order valence-electron chi connectivity index (χ2n) is 3.73. The summed E-state index contributed by atoms with van der Waals surface area (Å²) in [5.41, 5.74) is 6.90. The number of hydrogen-bond donors (Lipinski definition) is 3. The molecule has 0 atom stereocenters. The van der Waals surface area contributed by atoms with E-state index in [1.54, 1.807) is 6.20 Å². The summed E-state index contributed by atoms with van der Waals surface area (Å²) in [6.07, 6.45) is 1.61. The smallest absolute Gasteiger partial charge is 0.151 e. The lowest BCUT2D eigenvalue weighted by atomic mass is 10.2. The lowest BCUT2D eigenvalue weighted by molar-refractivity contribution is 0.589. The van der Waals surface area contributed by atoms with Crippen LogP contribution in [0.15, 0.2) is 18.3 Å². The monoisotopic (exact) mass is 238 g/mol.